The molecule has 0 spiro atoms. The maximum atomic E-state index is 6.35. The summed E-state index contributed by atoms with van der Waals surface area (Å²) >= 11 is 1.81. The van der Waals surface area contributed by atoms with Crippen molar-refractivity contribution in [1.29, 1.82) is 0 Å². The summed E-state index contributed by atoms with van der Waals surface area (Å²) in [7, 11) is 0. The van der Waals surface area contributed by atoms with Crippen LogP contribution in [0.5, 0.6) is 0 Å². The lowest BCUT2D eigenvalue weighted by molar-refractivity contribution is 0.669. The van der Waals surface area contributed by atoms with Gasteiger partial charge in [-0.3, -0.25) is 0 Å². The van der Waals surface area contributed by atoms with Gasteiger partial charge in [0.2, 0.25) is 0 Å². The summed E-state index contributed by atoms with van der Waals surface area (Å²) in [4.78, 5) is 15.8. The zero-order valence-electron chi connectivity index (χ0n) is 33.6. The predicted molar refractivity (Wildman–Crippen MR) is 263 cm³/mol. The van der Waals surface area contributed by atoms with E-state index in [9.17, 15) is 0 Å². The number of fused-ring (bicyclic) bond motifs is 14. The number of furan rings is 1. The molecule has 4 aromatic heterocycles. The Morgan fingerprint density at radius 3 is 1.65 bits per heavy atom. The van der Waals surface area contributed by atoms with E-state index in [4.69, 9.17) is 19.4 Å². The van der Waals surface area contributed by atoms with Crippen molar-refractivity contribution < 1.29 is 4.42 Å². The summed E-state index contributed by atoms with van der Waals surface area (Å²) in [6, 6.07) is 69.1. The Morgan fingerprint density at radius 2 is 0.905 bits per heavy atom. The summed E-state index contributed by atoms with van der Waals surface area (Å²) in [6.45, 7) is 0. The third kappa shape index (κ3) is 5.13. The molecular weight excluding hydrogens is 789 g/mol. The first-order valence-corrected chi connectivity index (χ1v) is 22.0. The van der Waals surface area contributed by atoms with Crippen molar-refractivity contribution in [2.24, 2.45) is 0 Å². The van der Waals surface area contributed by atoms with Gasteiger partial charge in [0.1, 0.15) is 11.2 Å². The maximum absolute atomic E-state index is 6.35. The van der Waals surface area contributed by atoms with E-state index in [0.717, 1.165) is 54.4 Å². The van der Waals surface area contributed by atoms with Crippen LogP contribution in [0.25, 0.3) is 136 Å². The molecule has 0 aliphatic heterocycles. The lowest BCUT2D eigenvalue weighted by atomic mass is 10.00. The van der Waals surface area contributed by atoms with E-state index in [-0.39, 0.29) is 0 Å². The number of hydrogen-bond acceptors (Lipinski definition) is 5. The van der Waals surface area contributed by atoms with Crippen molar-refractivity contribution in [1.82, 2.24) is 19.5 Å². The molecule has 0 aliphatic carbocycles. The molecule has 10 aromatic carbocycles. The number of benzene rings is 10. The van der Waals surface area contributed by atoms with Crippen molar-refractivity contribution in [2.75, 3.05) is 0 Å². The van der Waals surface area contributed by atoms with Crippen LogP contribution in [0.2, 0.25) is 0 Å². The van der Waals surface area contributed by atoms with Crippen LogP contribution in [0.15, 0.2) is 199 Å². The fourth-order valence-electron chi connectivity index (χ4n) is 9.91. The summed E-state index contributed by atoms with van der Waals surface area (Å²) in [5.74, 6) is 1.84. The van der Waals surface area contributed by atoms with Gasteiger partial charge in [0, 0.05) is 53.7 Å². The molecule has 0 fully saturated rings. The minimum absolute atomic E-state index is 0.592. The highest BCUT2D eigenvalue weighted by Gasteiger charge is 2.22. The highest BCUT2D eigenvalue weighted by Crippen LogP contribution is 2.46. The first kappa shape index (κ1) is 34.5. The Kier molecular flexibility index (Phi) is 7.21. The third-order valence-corrected chi connectivity index (χ3v) is 14.1. The van der Waals surface area contributed by atoms with Crippen molar-refractivity contribution in [2.45, 2.75) is 0 Å². The second kappa shape index (κ2) is 13.2. The molecule has 4 heterocycles. The molecule has 0 unspecified atom stereocenters. The number of aromatic nitrogens is 4. The van der Waals surface area contributed by atoms with Gasteiger partial charge >= 0.3 is 0 Å². The summed E-state index contributed by atoms with van der Waals surface area (Å²) in [5.41, 5.74) is 7.95. The van der Waals surface area contributed by atoms with Crippen LogP contribution in [-0.4, -0.2) is 19.5 Å². The molecule has 0 radical (unpaired) electrons. The molecule has 63 heavy (non-hydrogen) atoms. The number of thiophene rings is 1. The number of rotatable bonds is 4. The lowest BCUT2D eigenvalue weighted by Crippen LogP contribution is -2.00. The number of nitrogens with zero attached hydrogens (tertiary/aromatic N) is 4. The van der Waals surface area contributed by atoms with Gasteiger partial charge in [0.05, 0.1) is 21.4 Å². The van der Waals surface area contributed by atoms with Crippen molar-refractivity contribution in [3.8, 4) is 39.9 Å². The van der Waals surface area contributed by atoms with Gasteiger partial charge in [-0.25, -0.2) is 15.0 Å². The number of para-hydroxylation sites is 1. The SMILES string of the molecule is c1ccc2cc(-c3nc(-c4ccc5c(c4)oc4ccccc45)nc(-c4cccc5c4sc4c(-n6c7ccc8ccccc8c7c7c8ccccc8ccc76)cccc45)n3)ccc2c1. The maximum Gasteiger partial charge on any atom is 0.165 e. The highest BCUT2D eigenvalue weighted by atomic mass is 32.1. The second-order valence-corrected chi connectivity index (χ2v) is 17.3. The highest BCUT2D eigenvalue weighted by molar-refractivity contribution is 7.26. The quantitative estimate of drug-likeness (QED) is 0.177. The zero-order chi connectivity index (χ0) is 41.2. The van der Waals surface area contributed by atoms with E-state index >= 15 is 0 Å². The largest absolute Gasteiger partial charge is 0.456 e. The molecule has 0 atom stereocenters. The van der Waals surface area contributed by atoms with Gasteiger partial charge in [-0.1, -0.05) is 146 Å². The monoisotopic (exact) mass is 820 g/mol. The summed E-state index contributed by atoms with van der Waals surface area (Å²) in [5, 5.41) is 14.4. The number of hydrogen-bond donors (Lipinski definition) is 0. The van der Waals surface area contributed by atoms with Crippen LogP contribution in [-0.2, 0) is 0 Å². The molecule has 0 N–H and O–H groups in total. The minimum atomic E-state index is 0.592. The zero-order valence-corrected chi connectivity index (χ0v) is 34.4. The Balaban J connectivity index is 1.02. The average molecular weight is 821 g/mol. The van der Waals surface area contributed by atoms with Crippen LogP contribution in [0.4, 0.5) is 0 Å². The Labute approximate surface area is 363 Å². The topological polar surface area (TPSA) is 56.7 Å². The van der Waals surface area contributed by atoms with E-state index in [0.29, 0.717) is 17.5 Å². The van der Waals surface area contributed by atoms with Gasteiger partial charge in [-0.05, 0) is 80.8 Å². The lowest BCUT2D eigenvalue weighted by Gasteiger charge is -2.10. The van der Waals surface area contributed by atoms with Crippen LogP contribution >= 0.6 is 11.3 Å². The van der Waals surface area contributed by atoms with Gasteiger partial charge < -0.3 is 8.98 Å². The fourth-order valence-corrected chi connectivity index (χ4v) is 11.2. The van der Waals surface area contributed by atoms with Gasteiger partial charge in [0.25, 0.3) is 0 Å². The van der Waals surface area contributed by atoms with Crippen LogP contribution < -0.4 is 0 Å². The van der Waals surface area contributed by atoms with E-state index < -0.39 is 0 Å². The fraction of sp³-hybridized carbons (Fsp3) is 0. The molecule has 0 bridgehead atoms. The predicted octanol–water partition coefficient (Wildman–Crippen LogP) is 15.7. The molecule has 292 valence electrons. The van der Waals surface area contributed by atoms with Gasteiger partial charge in [-0.2, -0.15) is 0 Å². The van der Waals surface area contributed by atoms with Gasteiger partial charge in [0.15, 0.2) is 17.5 Å². The van der Waals surface area contributed by atoms with Crippen LogP contribution in [0, 0.1) is 0 Å². The van der Waals surface area contributed by atoms with Crippen molar-refractivity contribution >= 4 is 108 Å². The molecule has 0 saturated heterocycles. The van der Waals surface area contributed by atoms with Gasteiger partial charge in [-0.15, -0.1) is 11.3 Å². The smallest absolute Gasteiger partial charge is 0.165 e. The van der Waals surface area contributed by atoms with Crippen molar-refractivity contribution in [3.05, 3.63) is 194 Å². The summed E-state index contributed by atoms with van der Waals surface area (Å²) < 4.78 is 11.2. The molecule has 14 aromatic rings. The van der Waals surface area contributed by atoms with Crippen LogP contribution in [0.1, 0.15) is 0 Å². The molecule has 5 nitrogen and oxygen atoms in total. The second-order valence-electron chi connectivity index (χ2n) is 16.3. The Morgan fingerprint density at radius 1 is 0.365 bits per heavy atom. The van der Waals surface area contributed by atoms with E-state index in [2.05, 4.69) is 180 Å². The first-order chi connectivity index (χ1) is 31.2. The molecule has 0 amide bonds. The first-order valence-electron chi connectivity index (χ1n) is 21.2. The standard InChI is InChI=1S/C57H32N4OS/c1-2-14-36-31-37(24-23-33(36)11-1)55-58-56(38-25-28-42-41-17-7-8-22-49(41)62-50(42)32-38)60-57(59-55)45-20-9-18-43-44-19-10-21-48(54(44)63-53(43)45)61-46-29-26-34-12-3-5-15-39(34)51(46)52-40-16-6-4-13-35(40)27-30-47(52)61/h1-32H. The molecule has 14 rings (SSSR count). The summed E-state index contributed by atoms with van der Waals surface area (Å²) in [6.07, 6.45) is 0. The molecular formula is C57H32N4OS. The minimum Gasteiger partial charge on any atom is -0.456 e. The molecule has 0 saturated carbocycles. The van der Waals surface area contributed by atoms with Crippen molar-refractivity contribution in [3.63, 3.8) is 0 Å². The average Bonchev–Trinajstić information content (AvgIpc) is 4.03. The van der Waals surface area contributed by atoms with E-state index in [1.165, 1.54) is 64.2 Å². The third-order valence-electron chi connectivity index (χ3n) is 12.8. The Hall–Kier alpha value is -8.19. The Bertz CT molecular complexity index is 4140. The van der Waals surface area contributed by atoms with Crippen LogP contribution in [0.3, 0.4) is 0 Å². The van der Waals surface area contributed by atoms with E-state index in [1.807, 2.05) is 18.2 Å². The molecule has 0 aliphatic rings. The molecule has 6 heteroatoms. The normalized spacial score (nSPS) is 12.1. The van der Waals surface area contributed by atoms with E-state index in [1.54, 1.807) is 11.3 Å².